The van der Waals surface area contributed by atoms with Crippen LogP contribution in [0.1, 0.15) is 31.4 Å². The average molecular weight is 300 g/mol. The van der Waals surface area contributed by atoms with Gasteiger partial charge in [0.25, 0.3) is 0 Å². The molecule has 0 heterocycles. The molecule has 1 aromatic rings. The summed E-state index contributed by atoms with van der Waals surface area (Å²) in [4.78, 5) is 0.129. The molecule has 0 aliphatic heterocycles. The number of nitrogens with one attached hydrogen (secondary N) is 2. The van der Waals surface area contributed by atoms with E-state index in [1.165, 1.54) is 12.1 Å². The SMILES string of the molecule is CNCc1cc(S(=O)(=O)NC2CC2(C)C)cc(C)c1F. The Morgan fingerprint density at radius 1 is 1.40 bits per heavy atom. The molecule has 2 N–H and O–H groups in total. The summed E-state index contributed by atoms with van der Waals surface area (Å²) in [5, 5.41) is 2.84. The molecule has 1 aliphatic carbocycles. The molecule has 4 nitrogen and oxygen atoms in total. The summed E-state index contributed by atoms with van der Waals surface area (Å²) in [6.45, 7) is 5.91. The van der Waals surface area contributed by atoms with E-state index in [-0.39, 0.29) is 22.2 Å². The Balaban J connectivity index is 2.32. The molecule has 0 amide bonds. The van der Waals surface area contributed by atoms with Crippen LogP contribution in [-0.4, -0.2) is 21.5 Å². The van der Waals surface area contributed by atoms with E-state index < -0.39 is 10.0 Å². The van der Waals surface area contributed by atoms with E-state index >= 15 is 0 Å². The number of benzene rings is 1. The lowest BCUT2D eigenvalue weighted by Gasteiger charge is -2.12. The van der Waals surface area contributed by atoms with Gasteiger partial charge in [-0.05, 0) is 43.5 Å². The predicted molar refractivity (Wildman–Crippen MR) is 76.4 cm³/mol. The van der Waals surface area contributed by atoms with Crippen molar-refractivity contribution in [1.29, 1.82) is 0 Å². The monoisotopic (exact) mass is 300 g/mol. The maximum Gasteiger partial charge on any atom is 0.240 e. The minimum Gasteiger partial charge on any atom is -0.316 e. The van der Waals surface area contributed by atoms with E-state index in [4.69, 9.17) is 0 Å². The number of hydrogen-bond acceptors (Lipinski definition) is 3. The Labute approximate surface area is 119 Å². The van der Waals surface area contributed by atoms with Gasteiger partial charge < -0.3 is 5.32 Å². The molecule has 1 aromatic carbocycles. The van der Waals surface area contributed by atoms with Crippen LogP contribution in [0.25, 0.3) is 0 Å². The topological polar surface area (TPSA) is 58.2 Å². The molecule has 1 atom stereocenters. The third-order valence-electron chi connectivity index (χ3n) is 3.79. The van der Waals surface area contributed by atoms with Gasteiger partial charge in [-0.1, -0.05) is 13.8 Å². The molecule has 0 saturated heterocycles. The standard InChI is InChI=1S/C14H21FN2O2S/c1-9-5-11(6-10(8-16-4)13(9)15)20(18,19)17-12-7-14(12,2)3/h5-6,12,16-17H,7-8H2,1-4H3. The summed E-state index contributed by atoms with van der Waals surface area (Å²) in [7, 11) is -1.90. The lowest BCUT2D eigenvalue weighted by molar-refractivity contribution is 0.553. The fourth-order valence-electron chi connectivity index (χ4n) is 2.20. The zero-order valence-electron chi connectivity index (χ0n) is 12.2. The van der Waals surface area contributed by atoms with Crippen LogP contribution in [0.4, 0.5) is 4.39 Å². The van der Waals surface area contributed by atoms with Crippen LogP contribution in [0.5, 0.6) is 0 Å². The molecule has 1 fully saturated rings. The van der Waals surface area contributed by atoms with Crippen LogP contribution in [0.15, 0.2) is 17.0 Å². The molecule has 1 aliphatic rings. The first-order valence-electron chi connectivity index (χ1n) is 6.63. The Kier molecular flexibility index (Phi) is 3.92. The van der Waals surface area contributed by atoms with Crippen molar-refractivity contribution in [2.75, 3.05) is 7.05 Å². The minimum absolute atomic E-state index is 0.00987. The Morgan fingerprint density at radius 3 is 2.50 bits per heavy atom. The third kappa shape index (κ3) is 3.02. The smallest absolute Gasteiger partial charge is 0.240 e. The number of hydrogen-bond donors (Lipinski definition) is 2. The van der Waals surface area contributed by atoms with Crippen molar-refractivity contribution in [3.05, 3.63) is 29.1 Å². The summed E-state index contributed by atoms with van der Waals surface area (Å²) in [6.07, 6.45) is 0.829. The van der Waals surface area contributed by atoms with Crippen molar-refractivity contribution in [3.63, 3.8) is 0 Å². The second-order valence-corrected chi connectivity index (χ2v) is 7.82. The predicted octanol–water partition coefficient (Wildman–Crippen LogP) is 1.93. The van der Waals surface area contributed by atoms with E-state index in [1.807, 2.05) is 13.8 Å². The molecule has 0 spiro atoms. The molecule has 6 heteroatoms. The fraction of sp³-hybridized carbons (Fsp3) is 0.571. The van der Waals surface area contributed by atoms with Crippen LogP contribution < -0.4 is 10.0 Å². The van der Waals surface area contributed by atoms with Crippen LogP contribution in [0, 0.1) is 18.2 Å². The molecule has 2 rings (SSSR count). The molecule has 20 heavy (non-hydrogen) atoms. The molecule has 0 radical (unpaired) electrons. The minimum atomic E-state index is -3.59. The van der Waals surface area contributed by atoms with Gasteiger partial charge in [0.1, 0.15) is 5.82 Å². The highest BCUT2D eigenvalue weighted by molar-refractivity contribution is 7.89. The van der Waals surface area contributed by atoms with Gasteiger partial charge in [-0.2, -0.15) is 0 Å². The summed E-state index contributed by atoms with van der Waals surface area (Å²) in [6, 6.07) is 2.74. The molecule has 1 saturated carbocycles. The molecule has 1 unspecified atom stereocenters. The first kappa shape index (κ1) is 15.4. The van der Waals surface area contributed by atoms with Crippen molar-refractivity contribution in [1.82, 2.24) is 10.0 Å². The molecule has 0 aromatic heterocycles. The largest absolute Gasteiger partial charge is 0.316 e. The van der Waals surface area contributed by atoms with Gasteiger partial charge in [-0.25, -0.2) is 17.5 Å². The van der Waals surface area contributed by atoms with Gasteiger partial charge in [0.15, 0.2) is 0 Å². The normalized spacial score (nSPS) is 20.9. The van der Waals surface area contributed by atoms with E-state index in [0.717, 1.165) is 6.42 Å². The maximum absolute atomic E-state index is 13.9. The first-order chi connectivity index (χ1) is 9.17. The van der Waals surface area contributed by atoms with Crippen LogP contribution >= 0.6 is 0 Å². The number of rotatable bonds is 5. The fourth-order valence-corrected chi connectivity index (χ4v) is 3.75. The first-order valence-corrected chi connectivity index (χ1v) is 8.11. The lowest BCUT2D eigenvalue weighted by atomic mass is 10.1. The van der Waals surface area contributed by atoms with E-state index in [1.54, 1.807) is 14.0 Å². The van der Waals surface area contributed by atoms with Crippen molar-refractivity contribution < 1.29 is 12.8 Å². The molecule has 112 valence electrons. The quantitative estimate of drug-likeness (QED) is 0.873. The summed E-state index contributed by atoms with van der Waals surface area (Å²) in [5.41, 5.74) is 0.715. The van der Waals surface area contributed by atoms with Gasteiger partial charge in [-0.15, -0.1) is 0 Å². The van der Waals surface area contributed by atoms with Gasteiger partial charge in [0.2, 0.25) is 10.0 Å². The summed E-state index contributed by atoms with van der Waals surface area (Å²) in [5.74, 6) is -0.356. The van der Waals surface area contributed by atoms with Crippen molar-refractivity contribution in [2.45, 2.75) is 44.7 Å². The van der Waals surface area contributed by atoms with Crippen LogP contribution in [0.2, 0.25) is 0 Å². The second kappa shape index (κ2) is 5.09. The Bertz CT molecular complexity index is 626. The third-order valence-corrected chi connectivity index (χ3v) is 5.24. The number of halogens is 1. The molecule has 0 bridgehead atoms. The van der Waals surface area contributed by atoms with Crippen LogP contribution in [-0.2, 0) is 16.6 Å². The van der Waals surface area contributed by atoms with Gasteiger partial charge in [0, 0.05) is 18.2 Å². The summed E-state index contributed by atoms with van der Waals surface area (Å²) < 4.78 is 41.3. The highest BCUT2D eigenvalue weighted by Gasteiger charge is 2.47. The van der Waals surface area contributed by atoms with E-state index in [9.17, 15) is 12.8 Å². The van der Waals surface area contributed by atoms with Crippen molar-refractivity contribution in [3.8, 4) is 0 Å². The van der Waals surface area contributed by atoms with Gasteiger partial charge in [0.05, 0.1) is 4.90 Å². The highest BCUT2D eigenvalue weighted by Crippen LogP contribution is 2.45. The highest BCUT2D eigenvalue weighted by atomic mass is 32.2. The van der Waals surface area contributed by atoms with E-state index in [2.05, 4.69) is 10.0 Å². The number of sulfonamides is 1. The zero-order valence-corrected chi connectivity index (χ0v) is 13.1. The second-order valence-electron chi connectivity index (χ2n) is 6.11. The molecular weight excluding hydrogens is 279 g/mol. The van der Waals surface area contributed by atoms with Crippen molar-refractivity contribution in [2.24, 2.45) is 5.41 Å². The Hall–Kier alpha value is -0.980. The lowest BCUT2D eigenvalue weighted by Crippen LogP contribution is -2.29. The van der Waals surface area contributed by atoms with E-state index in [0.29, 0.717) is 17.7 Å². The van der Waals surface area contributed by atoms with Crippen LogP contribution in [0.3, 0.4) is 0 Å². The van der Waals surface area contributed by atoms with Gasteiger partial charge >= 0.3 is 0 Å². The van der Waals surface area contributed by atoms with Crippen molar-refractivity contribution >= 4 is 10.0 Å². The maximum atomic E-state index is 13.9. The molecular formula is C14H21FN2O2S. The number of aryl methyl sites for hydroxylation is 1. The summed E-state index contributed by atoms with van der Waals surface area (Å²) >= 11 is 0. The average Bonchev–Trinajstić information content (AvgIpc) is 2.91. The zero-order chi connectivity index (χ0) is 15.1. The van der Waals surface area contributed by atoms with Gasteiger partial charge in [-0.3, -0.25) is 0 Å². The Morgan fingerprint density at radius 2 is 2.00 bits per heavy atom.